The van der Waals surface area contributed by atoms with Gasteiger partial charge in [-0.05, 0) is 36.4 Å². The molecule has 6 nitrogen and oxygen atoms in total. The Hall–Kier alpha value is -3.64. The minimum absolute atomic E-state index is 0.0754. The fourth-order valence-corrected chi connectivity index (χ4v) is 4.03. The molecule has 1 aliphatic rings. The molecule has 1 N–H and O–H groups in total. The third-order valence-electron chi connectivity index (χ3n) is 5.67. The van der Waals surface area contributed by atoms with Gasteiger partial charge in [-0.15, -0.1) is 0 Å². The maximum Gasteiger partial charge on any atom is 0.256 e. The van der Waals surface area contributed by atoms with E-state index in [2.05, 4.69) is 16.4 Å². The zero-order valence-corrected chi connectivity index (χ0v) is 17.3. The molecule has 6 heteroatoms. The van der Waals surface area contributed by atoms with Crippen LogP contribution in [0.2, 0.25) is 0 Å². The zero-order valence-electron chi connectivity index (χ0n) is 17.3. The number of amides is 1. The van der Waals surface area contributed by atoms with Gasteiger partial charge in [0.05, 0.1) is 16.9 Å². The molecular formula is C25H25N5O. The van der Waals surface area contributed by atoms with Crippen molar-refractivity contribution in [3.05, 3.63) is 96.4 Å². The molecule has 1 aliphatic heterocycles. The van der Waals surface area contributed by atoms with E-state index in [-0.39, 0.29) is 5.91 Å². The highest BCUT2D eigenvalue weighted by molar-refractivity contribution is 6.00. The summed E-state index contributed by atoms with van der Waals surface area (Å²) >= 11 is 0. The van der Waals surface area contributed by atoms with Gasteiger partial charge in [0.1, 0.15) is 5.65 Å². The van der Waals surface area contributed by atoms with E-state index in [0.717, 1.165) is 42.4 Å². The van der Waals surface area contributed by atoms with Crippen LogP contribution in [0.5, 0.6) is 0 Å². The number of hydrogen-bond acceptors (Lipinski definition) is 4. The fraction of sp³-hybridized carbons (Fsp3) is 0.200. The van der Waals surface area contributed by atoms with Crippen LogP contribution >= 0.6 is 0 Å². The molecule has 1 amide bonds. The number of nitrogens with one attached hydrogen (secondary N) is 1. The van der Waals surface area contributed by atoms with Crippen molar-refractivity contribution < 1.29 is 4.79 Å². The number of rotatable bonds is 5. The van der Waals surface area contributed by atoms with Crippen LogP contribution in [-0.4, -0.2) is 51.3 Å². The number of benzene rings is 2. The van der Waals surface area contributed by atoms with Crippen molar-refractivity contribution in [2.75, 3.05) is 31.5 Å². The minimum Gasteiger partial charge on any atom is -0.355 e. The van der Waals surface area contributed by atoms with Crippen molar-refractivity contribution >= 4 is 22.9 Å². The summed E-state index contributed by atoms with van der Waals surface area (Å²) in [5.74, 6) is 0.0754. The number of pyridine rings is 1. The Morgan fingerprint density at radius 1 is 0.871 bits per heavy atom. The molecule has 0 aliphatic carbocycles. The Bertz CT molecular complexity index is 1150. The smallest absolute Gasteiger partial charge is 0.256 e. The molecule has 0 bridgehead atoms. The summed E-state index contributed by atoms with van der Waals surface area (Å²) in [6.07, 6.45) is 4.10. The molecule has 2 aromatic carbocycles. The first kappa shape index (κ1) is 19.3. The molecule has 156 valence electrons. The van der Waals surface area contributed by atoms with Crippen LogP contribution in [-0.2, 0) is 6.54 Å². The Balaban J connectivity index is 1.23. The number of anilines is 2. The molecule has 31 heavy (non-hydrogen) atoms. The monoisotopic (exact) mass is 411 g/mol. The molecule has 0 radical (unpaired) electrons. The van der Waals surface area contributed by atoms with Crippen LogP contribution in [0.3, 0.4) is 0 Å². The third-order valence-corrected chi connectivity index (χ3v) is 5.67. The van der Waals surface area contributed by atoms with Gasteiger partial charge in [0.25, 0.3) is 5.91 Å². The van der Waals surface area contributed by atoms with Gasteiger partial charge in [-0.1, -0.05) is 36.4 Å². The van der Waals surface area contributed by atoms with Gasteiger partial charge in [-0.3, -0.25) is 9.69 Å². The Kier molecular flexibility index (Phi) is 5.37. The molecule has 0 saturated carbocycles. The fourth-order valence-electron chi connectivity index (χ4n) is 4.03. The summed E-state index contributed by atoms with van der Waals surface area (Å²) in [7, 11) is 0. The molecule has 5 rings (SSSR count). The largest absolute Gasteiger partial charge is 0.355 e. The predicted octanol–water partition coefficient (Wildman–Crippen LogP) is 4.04. The van der Waals surface area contributed by atoms with E-state index < -0.39 is 0 Å². The number of aromatic nitrogens is 2. The Morgan fingerprint density at radius 2 is 1.61 bits per heavy atom. The van der Waals surface area contributed by atoms with E-state index in [1.54, 1.807) is 0 Å². The van der Waals surface area contributed by atoms with E-state index in [4.69, 9.17) is 4.98 Å². The average molecular weight is 412 g/mol. The molecular weight excluding hydrogens is 386 g/mol. The number of fused-ring (bicyclic) bond motifs is 1. The van der Waals surface area contributed by atoms with Crippen LogP contribution in [0.1, 0.15) is 16.1 Å². The molecule has 4 aromatic rings. The van der Waals surface area contributed by atoms with Crippen LogP contribution in [0.4, 0.5) is 11.4 Å². The first-order valence-electron chi connectivity index (χ1n) is 10.6. The highest BCUT2D eigenvalue weighted by Gasteiger charge is 2.24. The zero-order chi connectivity index (χ0) is 21.0. The summed E-state index contributed by atoms with van der Waals surface area (Å²) < 4.78 is 2.05. The third kappa shape index (κ3) is 4.29. The van der Waals surface area contributed by atoms with E-state index in [9.17, 15) is 4.79 Å². The second-order valence-corrected chi connectivity index (χ2v) is 7.80. The van der Waals surface area contributed by atoms with E-state index >= 15 is 0 Å². The van der Waals surface area contributed by atoms with Gasteiger partial charge in [-0.25, -0.2) is 4.98 Å². The van der Waals surface area contributed by atoms with Crippen molar-refractivity contribution in [3.8, 4) is 0 Å². The second kappa shape index (κ2) is 8.62. The Morgan fingerprint density at radius 3 is 2.42 bits per heavy atom. The SMILES string of the molecule is O=C(c1ccccc1Nc1ccccc1)N1CCN(Cc2cn3ccccc3n2)CC1. The lowest BCUT2D eigenvalue weighted by Gasteiger charge is -2.34. The molecule has 1 saturated heterocycles. The number of carbonyl (C=O) groups is 1. The average Bonchev–Trinajstić information content (AvgIpc) is 3.22. The molecule has 2 aromatic heterocycles. The lowest BCUT2D eigenvalue weighted by molar-refractivity contribution is 0.0628. The molecule has 0 unspecified atom stereocenters. The van der Waals surface area contributed by atoms with Crippen molar-refractivity contribution in [3.63, 3.8) is 0 Å². The van der Waals surface area contributed by atoms with Gasteiger partial charge in [0.15, 0.2) is 0 Å². The van der Waals surface area contributed by atoms with E-state index in [0.29, 0.717) is 18.7 Å². The number of imidazole rings is 1. The maximum absolute atomic E-state index is 13.2. The molecule has 1 fully saturated rings. The summed E-state index contributed by atoms with van der Waals surface area (Å²) in [4.78, 5) is 22.2. The highest BCUT2D eigenvalue weighted by Crippen LogP contribution is 2.23. The lowest BCUT2D eigenvalue weighted by atomic mass is 10.1. The molecule has 0 spiro atoms. The highest BCUT2D eigenvalue weighted by atomic mass is 16.2. The summed E-state index contributed by atoms with van der Waals surface area (Å²) in [5.41, 5.74) is 4.54. The first-order chi connectivity index (χ1) is 15.3. The summed E-state index contributed by atoms with van der Waals surface area (Å²) in [6.45, 7) is 3.91. The topological polar surface area (TPSA) is 52.9 Å². The van der Waals surface area contributed by atoms with Gasteiger partial charge in [-0.2, -0.15) is 0 Å². The molecule has 0 atom stereocenters. The quantitative estimate of drug-likeness (QED) is 0.539. The Labute approximate surface area is 181 Å². The van der Waals surface area contributed by atoms with E-state index in [1.807, 2.05) is 88.3 Å². The van der Waals surface area contributed by atoms with Crippen LogP contribution in [0.15, 0.2) is 85.2 Å². The van der Waals surface area contributed by atoms with Crippen LogP contribution < -0.4 is 5.32 Å². The first-order valence-corrected chi connectivity index (χ1v) is 10.6. The van der Waals surface area contributed by atoms with Crippen LogP contribution in [0, 0.1) is 0 Å². The normalized spacial score (nSPS) is 14.6. The second-order valence-electron chi connectivity index (χ2n) is 7.80. The van der Waals surface area contributed by atoms with Crippen LogP contribution in [0.25, 0.3) is 5.65 Å². The molecule has 3 heterocycles. The maximum atomic E-state index is 13.2. The standard InChI is InChI=1S/C25H25N5O/c31-25(22-10-4-5-11-23(22)26-20-8-2-1-3-9-20)29-16-14-28(15-17-29)18-21-19-30-13-7-6-12-24(30)27-21/h1-13,19,26H,14-18H2. The van der Waals surface area contributed by atoms with Gasteiger partial charge in [0, 0.05) is 50.8 Å². The van der Waals surface area contributed by atoms with Gasteiger partial charge < -0.3 is 14.6 Å². The van der Waals surface area contributed by atoms with Crippen molar-refractivity contribution in [2.24, 2.45) is 0 Å². The predicted molar refractivity (Wildman–Crippen MR) is 123 cm³/mol. The van der Waals surface area contributed by atoms with E-state index in [1.165, 1.54) is 0 Å². The minimum atomic E-state index is 0.0754. The van der Waals surface area contributed by atoms with Crippen molar-refractivity contribution in [1.82, 2.24) is 19.2 Å². The number of piperazine rings is 1. The lowest BCUT2D eigenvalue weighted by Crippen LogP contribution is -2.48. The number of hydrogen-bond donors (Lipinski definition) is 1. The summed E-state index contributed by atoms with van der Waals surface area (Å²) in [6, 6.07) is 23.7. The summed E-state index contributed by atoms with van der Waals surface area (Å²) in [5, 5.41) is 3.38. The number of para-hydroxylation sites is 2. The van der Waals surface area contributed by atoms with Crippen molar-refractivity contribution in [2.45, 2.75) is 6.54 Å². The van der Waals surface area contributed by atoms with Gasteiger partial charge in [0.2, 0.25) is 0 Å². The number of nitrogens with zero attached hydrogens (tertiary/aromatic N) is 4. The van der Waals surface area contributed by atoms with Gasteiger partial charge >= 0.3 is 0 Å². The number of carbonyl (C=O) groups excluding carboxylic acids is 1. The van der Waals surface area contributed by atoms with Crippen molar-refractivity contribution in [1.29, 1.82) is 0 Å².